The number of carbonyl (C=O) groups excluding carboxylic acids is 1. The fourth-order valence-corrected chi connectivity index (χ4v) is 4.41. The number of hydrogen-bond acceptors (Lipinski definition) is 6. The van der Waals surface area contributed by atoms with Gasteiger partial charge >= 0.3 is 0 Å². The number of ether oxygens (including phenoxy) is 1. The van der Waals surface area contributed by atoms with E-state index < -0.39 is 20.9 Å². The van der Waals surface area contributed by atoms with Crippen molar-refractivity contribution in [3.05, 3.63) is 63.7 Å². The summed E-state index contributed by atoms with van der Waals surface area (Å²) in [5.74, 6) is -0.684. The first-order valence-corrected chi connectivity index (χ1v) is 9.98. The monoisotopic (exact) mass is 405 g/mol. The second-order valence-corrected chi connectivity index (χ2v) is 8.16. The largest absolute Gasteiger partial charge is 0.379 e. The SMILES string of the molecule is Cc1cccc(C(=O)Nc2cccc(S(=O)(=O)N3CCOCC3)c2)c1[N+](=O)[O-]. The van der Waals surface area contributed by atoms with E-state index in [1.165, 1.54) is 34.6 Å². The summed E-state index contributed by atoms with van der Waals surface area (Å²) in [5, 5.41) is 13.8. The predicted octanol–water partition coefficient (Wildman–Crippen LogP) is 2.18. The molecular formula is C18H19N3O6S. The number of morpholine rings is 1. The predicted molar refractivity (Wildman–Crippen MR) is 102 cm³/mol. The van der Waals surface area contributed by atoms with Crippen molar-refractivity contribution in [1.29, 1.82) is 0 Å². The van der Waals surface area contributed by atoms with Gasteiger partial charge in [0.25, 0.3) is 11.6 Å². The van der Waals surface area contributed by atoms with E-state index >= 15 is 0 Å². The molecule has 0 aromatic heterocycles. The first kappa shape index (κ1) is 19.9. The maximum atomic E-state index is 12.8. The lowest BCUT2D eigenvalue weighted by atomic mass is 10.1. The third-order valence-corrected chi connectivity index (χ3v) is 6.26. The smallest absolute Gasteiger partial charge is 0.285 e. The van der Waals surface area contributed by atoms with E-state index in [1.807, 2.05) is 0 Å². The van der Waals surface area contributed by atoms with Crippen LogP contribution in [0.4, 0.5) is 11.4 Å². The van der Waals surface area contributed by atoms with Crippen molar-refractivity contribution >= 4 is 27.3 Å². The molecule has 0 unspecified atom stereocenters. The van der Waals surface area contributed by atoms with Gasteiger partial charge in [0.1, 0.15) is 5.56 Å². The summed E-state index contributed by atoms with van der Waals surface area (Å²) in [6.45, 7) is 2.71. The average Bonchev–Trinajstić information content (AvgIpc) is 2.68. The summed E-state index contributed by atoms with van der Waals surface area (Å²) in [6, 6.07) is 10.3. The quantitative estimate of drug-likeness (QED) is 0.601. The maximum absolute atomic E-state index is 12.8. The molecule has 0 bridgehead atoms. The Balaban J connectivity index is 1.87. The molecule has 0 spiro atoms. The molecule has 2 aromatic rings. The maximum Gasteiger partial charge on any atom is 0.285 e. The van der Waals surface area contributed by atoms with Crippen LogP contribution in [0.2, 0.25) is 0 Å². The van der Waals surface area contributed by atoms with Crippen molar-refractivity contribution in [2.24, 2.45) is 0 Å². The van der Waals surface area contributed by atoms with Crippen LogP contribution in [-0.4, -0.2) is 49.9 Å². The zero-order valence-electron chi connectivity index (χ0n) is 15.1. The van der Waals surface area contributed by atoms with Crippen molar-refractivity contribution in [3.63, 3.8) is 0 Å². The van der Waals surface area contributed by atoms with Gasteiger partial charge in [0.05, 0.1) is 23.0 Å². The number of nitro benzene ring substituents is 1. The molecule has 1 aliphatic heterocycles. The molecule has 28 heavy (non-hydrogen) atoms. The highest BCUT2D eigenvalue weighted by Gasteiger charge is 2.27. The number of rotatable bonds is 5. The van der Waals surface area contributed by atoms with Gasteiger partial charge in [0.15, 0.2) is 0 Å². The highest BCUT2D eigenvalue weighted by atomic mass is 32.2. The van der Waals surface area contributed by atoms with E-state index in [0.717, 1.165) is 0 Å². The lowest BCUT2D eigenvalue weighted by Gasteiger charge is -2.26. The second kappa shape index (κ2) is 8.05. The van der Waals surface area contributed by atoms with Crippen LogP contribution in [0.25, 0.3) is 0 Å². The molecule has 148 valence electrons. The van der Waals surface area contributed by atoms with Crippen molar-refractivity contribution < 1.29 is 22.9 Å². The van der Waals surface area contributed by atoms with Crippen molar-refractivity contribution in [1.82, 2.24) is 4.31 Å². The Morgan fingerprint density at radius 3 is 2.54 bits per heavy atom. The standard InChI is InChI=1S/C18H19N3O6S/c1-13-4-2-7-16(17(13)21(23)24)18(22)19-14-5-3-6-15(12-14)28(25,26)20-8-10-27-11-9-20/h2-7,12H,8-11H2,1H3,(H,19,22). The Hall–Kier alpha value is -2.82. The average molecular weight is 405 g/mol. The Morgan fingerprint density at radius 2 is 1.86 bits per heavy atom. The van der Waals surface area contributed by atoms with Gasteiger partial charge < -0.3 is 10.1 Å². The Kier molecular flexibility index (Phi) is 5.73. The first-order chi connectivity index (χ1) is 13.3. The molecule has 3 rings (SSSR count). The molecular weight excluding hydrogens is 386 g/mol. The highest BCUT2D eigenvalue weighted by molar-refractivity contribution is 7.89. The highest BCUT2D eigenvalue weighted by Crippen LogP contribution is 2.25. The number of nitrogens with one attached hydrogen (secondary N) is 1. The van der Waals surface area contributed by atoms with E-state index in [2.05, 4.69) is 5.32 Å². The molecule has 1 amide bonds. The van der Waals surface area contributed by atoms with Crippen LogP contribution >= 0.6 is 0 Å². The molecule has 0 saturated carbocycles. The van der Waals surface area contributed by atoms with E-state index in [9.17, 15) is 23.3 Å². The number of benzene rings is 2. The van der Waals surface area contributed by atoms with Gasteiger partial charge in [0.2, 0.25) is 10.0 Å². The normalized spacial score (nSPS) is 15.2. The number of hydrogen-bond donors (Lipinski definition) is 1. The van der Waals surface area contributed by atoms with Crippen LogP contribution in [-0.2, 0) is 14.8 Å². The minimum Gasteiger partial charge on any atom is -0.379 e. The summed E-state index contributed by atoms with van der Waals surface area (Å²) < 4.78 is 32.0. The van der Waals surface area contributed by atoms with Crippen LogP contribution in [0.1, 0.15) is 15.9 Å². The first-order valence-electron chi connectivity index (χ1n) is 8.54. The molecule has 1 fully saturated rings. The molecule has 0 atom stereocenters. The van der Waals surface area contributed by atoms with Crippen molar-refractivity contribution in [2.75, 3.05) is 31.6 Å². The zero-order chi connectivity index (χ0) is 20.3. The fourth-order valence-electron chi connectivity index (χ4n) is 2.95. The van der Waals surface area contributed by atoms with E-state index in [1.54, 1.807) is 19.1 Å². The molecule has 2 aromatic carbocycles. The van der Waals surface area contributed by atoms with Crippen molar-refractivity contribution in [2.45, 2.75) is 11.8 Å². The summed E-state index contributed by atoms with van der Waals surface area (Å²) in [5.41, 5.74) is 0.222. The van der Waals surface area contributed by atoms with Gasteiger partial charge in [-0.1, -0.05) is 18.2 Å². The summed E-state index contributed by atoms with van der Waals surface area (Å²) >= 11 is 0. The molecule has 1 heterocycles. The molecule has 0 radical (unpaired) electrons. The van der Waals surface area contributed by atoms with Crippen LogP contribution in [0, 0.1) is 17.0 Å². The summed E-state index contributed by atoms with van der Waals surface area (Å²) in [4.78, 5) is 23.3. The number of aryl methyl sites for hydroxylation is 1. The number of nitro groups is 1. The van der Waals surface area contributed by atoms with Gasteiger partial charge in [-0.05, 0) is 31.2 Å². The van der Waals surface area contributed by atoms with E-state index in [4.69, 9.17) is 4.74 Å². The Labute approximate surface area is 162 Å². The van der Waals surface area contributed by atoms with Crippen LogP contribution < -0.4 is 5.32 Å². The number of para-hydroxylation sites is 1. The second-order valence-electron chi connectivity index (χ2n) is 6.23. The lowest BCUT2D eigenvalue weighted by molar-refractivity contribution is -0.385. The van der Waals surface area contributed by atoms with E-state index in [0.29, 0.717) is 18.8 Å². The molecule has 1 saturated heterocycles. The minimum absolute atomic E-state index is 0.0333. The number of carbonyl (C=O) groups is 1. The topological polar surface area (TPSA) is 119 Å². The third-order valence-electron chi connectivity index (χ3n) is 4.36. The van der Waals surface area contributed by atoms with Gasteiger partial charge in [-0.15, -0.1) is 0 Å². The van der Waals surface area contributed by atoms with Crippen LogP contribution in [0.15, 0.2) is 47.4 Å². The van der Waals surface area contributed by atoms with Gasteiger partial charge in [-0.2, -0.15) is 4.31 Å². The zero-order valence-corrected chi connectivity index (χ0v) is 15.9. The number of amides is 1. The number of nitrogens with zero attached hydrogens (tertiary/aromatic N) is 2. The lowest BCUT2D eigenvalue weighted by Crippen LogP contribution is -2.40. The molecule has 9 nitrogen and oxygen atoms in total. The minimum atomic E-state index is -3.72. The Morgan fingerprint density at radius 1 is 1.18 bits per heavy atom. The van der Waals surface area contributed by atoms with Gasteiger partial charge in [-0.25, -0.2) is 8.42 Å². The summed E-state index contributed by atoms with van der Waals surface area (Å²) in [7, 11) is -3.72. The van der Waals surface area contributed by atoms with Gasteiger partial charge in [-0.3, -0.25) is 14.9 Å². The number of anilines is 1. The molecule has 1 N–H and O–H groups in total. The molecule has 10 heteroatoms. The van der Waals surface area contributed by atoms with E-state index in [-0.39, 0.29) is 34.9 Å². The third kappa shape index (κ3) is 4.03. The molecule has 1 aliphatic rings. The molecule has 0 aliphatic carbocycles. The fraction of sp³-hybridized carbons (Fsp3) is 0.278. The number of sulfonamides is 1. The van der Waals surface area contributed by atoms with Crippen molar-refractivity contribution in [3.8, 4) is 0 Å². The van der Waals surface area contributed by atoms with Crippen LogP contribution in [0.5, 0.6) is 0 Å². The Bertz CT molecular complexity index is 1020. The van der Waals surface area contributed by atoms with Crippen LogP contribution in [0.3, 0.4) is 0 Å². The summed E-state index contributed by atoms with van der Waals surface area (Å²) in [6.07, 6.45) is 0. The van der Waals surface area contributed by atoms with Gasteiger partial charge in [0, 0.05) is 24.3 Å².